The summed E-state index contributed by atoms with van der Waals surface area (Å²) in [5.41, 5.74) is 2.13. The highest BCUT2D eigenvalue weighted by molar-refractivity contribution is 5.14. The Kier molecular flexibility index (Phi) is 3.88. The quantitative estimate of drug-likeness (QED) is 0.847. The summed E-state index contributed by atoms with van der Waals surface area (Å²) in [6.07, 6.45) is 9.95. The van der Waals surface area contributed by atoms with Crippen LogP contribution in [0.3, 0.4) is 0 Å². The molecule has 2 aromatic heterocycles. The Morgan fingerprint density at radius 3 is 2.21 bits per heavy atom. The molecule has 4 nitrogen and oxygen atoms in total. The van der Waals surface area contributed by atoms with Crippen molar-refractivity contribution in [2.75, 3.05) is 0 Å². The first kappa shape index (κ1) is 13.6. The van der Waals surface area contributed by atoms with Crippen LogP contribution in [0.1, 0.15) is 50.7 Å². The van der Waals surface area contributed by atoms with Gasteiger partial charge in [0.05, 0.1) is 5.69 Å². The fourth-order valence-corrected chi connectivity index (χ4v) is 1.87. The van der Waals surface area contributed by atoms with Crippen molar-refractivity contribution in [3.8, 4) is 0 Å². The zero-order chi connectivity index (χ0) is 13.9. The zero-order valence-corrected chi connectivity index (χ0v) is 12.0. The minimum Gasteiger partial charge on any atom is -0.261 e. The van der Waals surface area contributed by atoms with E-state index in [1.54, 1.807) is 12.4 Å². The largest absolute Gasteiger partial charge is 0.261 e. The molecule has 2 aromatic rings. The van der Waals surface area contributed by atoms with Crippen LogP contribution in [0.4, 0.5) is 0 Å². The maximum atomic E-state index is 4.45. The van der Waals surface area contributed by atoms with Crippen molar-refractivity contribution < 1.29 is 0 Å². The standard InChI is InChI=1S/C15H20N4/c1-11(13-10-16-5-6-17-13)7-12-8-18-14(19-9-12)15(2,3)4/h5-6,8-11H,7H2,1-4H3. The van der Waals surface area contributed by atoms with Crippen molar-refractivity contribution in [1.29, 1.82) is 0 Å². The average Bonchev–Trinajstić information content (AvgIpc) is 2.39. The van der Waals surface area contributed by atoms with Crippen molar-refractivity contribution in [3.63, 3.8) is 0 Å². The van der Waals surface area contributed by atoms with Gasteiger partial charge in [-0.2, -0.15) is 0 Å². The van der Waals surface area contributed by atoms with Gasteiger partial charge in [-0.15, -0.1) is 0 Å². The maximum Gasteiger partial charge on any atom is 0.133 e. The van der Waals surface area contributed by atoms with E-state index in [9.17, 15) is 0 Å². The van der Waals surface area contributed by atoms with E-state index in [4.69, 9.17) is 0 Å². The van der Waals surface area contributed by atoms with Crippen molar-refractivity contribution in [2.24, 2.45) is 0 Å². The molecule has 19 heavy (non-hydrogen) atoms. The molecule has 2 heterocycles. The molecule has 1 atom stereocenters. The summed E-state index contributed by atoms with van der Waals surface area (Å²) in [5, 5.41) is 0. The van der Waals surface area contributed by atoms with Gasteiger partial charge in [-0.25, -0.2) is 9.97 Å². The van der Waals surface area contributed by atoms with E-state index >= 15 is 0 Å². The van der Waals surface area contributed by atoms with E-state index < -0.39 is 0 Å². The van der Waals surface area contributed by atoms with Gasteiger partial charge in [0.15, 0.2) is 0 Å². The van der Waals surface area contributed by atoms with Crippen molar-refractivity contribution in [3.05, 3.63) is 48.1 Å². The van der Waals surface area contributed by atoms with Crippen LogP contribution in [-0.2, 0) is 11.8 Å². The average molecular weight is 256 g/mol. The first-order valence-electron chi connectivity index (χ1n) is 6.54. The van der Waals surface area contributed by atoms with Crippen LogP contribution in [0.15, 0.2) is 31.0 Å². The van der Waals surface area contributed by atoms with Crippen LogP contribution in [0, 0.1) is 0 Å². The Balaban J connectivity index is 2.08. The number of hydrogen-bond acceptors (Lipinski definition) is 4. The molecule has 0 fully saturated rings. The maximum absolute atomic E-state index is 4.45. The van der Waals surface area contributed by atoms with Crippen molar-refractivity contribution in [2.45, 2.75) is 45.4 Å². The van der Waals surface area contributed by atoms with E-state index in [0.717, 1.165) is 23.5 Å². The minimum atomic E-state index is -0.00491. The highest BCUT2D eigenvalue weighted by Crippen LogP contribution is 2.20. The number of aromatic nitrogens is 4. The second-order valence-corrected chi connectivity index (χ2v) is 5.90. The van der Waals surface area contributed by atoms with E-state index in [0.29, 0.717) is 5.92 Å². The van der Waals surface area contributed by atoms with Gasteiger partial charge < -0.3 is 0 Å². The van der Waals surface area contributed by atoms with Gasteiger partial charge in [-0.05, 0) is 12.0 Å². The summed E-state index contributed by atoms with van der Waals surface area (Å²) in [7, 11) is 0. The van der Waals surface area contributed by atoms with Crippen LogP contribution in [0.25, 0.3) is 0 Å². The molecular formula is C15H20N4. The molecule has 0 radical (unpaired) electrons. The molecule has 0 aliphatic heterocycles. The zero-order valence-electron chi connectivity index (χ0n) is 12.0. The first-order chi connectivity index (χ1) is 8.97. The van der Waals surface area contributed by atoms with E-state index in [1.807, 2.05) is 18.6 Å². The van der Waals surface area contributed by atoms with Gasteiger partial charge in [-0.1, -0.05) is 27.7 Å². The van der Waals surface area contributed by atoms with Crippen LogP contribution in [0.2, 0.25) is 0 Å². The van der Waals surface area contributed by atoms with Crippen LogP contribution in [0.5, 0.6) is 0 Å². The fraction of sp³-hybridized carbons (Fsp3) is 0.467. The lowest BCUT2D eigenvalue weighted by Gasteiger charge is -2.16. The van der Waals surface area contributed by atoms with Gasteiger partial charge in [0, 0.05) is 42.3 Å². The van der Waals surface area contributed by atoms with Crippen LogP contribution in [-0.4, -0.2) is 19.9 Å². The van der Waals surface area contributed by atoms with E-state index in [2.05, 4.69) is 47.6 Å². The highest BCUT2D eigenvalue weighted by Gasteiger charge is 2.17. The SMILES string of the molecule is CC(Cc1cnc(C(C)(C)C)nc1)c1cnccn1. The summed E-state index contributed by atoms with van der Waals surface area (Å²) in [6.45, 7) is 8.49. The number of nitrogens with zero attached hydrogens (tertiary/aromatic N) is 4. The Labute approximate surface area is 114 Å². The van der Waals surface area contributed by atoms with Gasteiger partial charge >= 0.3 is 0 Å². The third kappa shape index (κ3) is 3.56. The lowest BCUT2D eigenvalue weighted by Crippen LogP contribution is -2.16. The molecule has 0 spiro atoms. The highest BCUT2D eigenvalue weighted by atomic mass is 14.9. The minimum absolute atomic E-state index is 0.00491. The molecule has 2 rings (SSSR count). The molecule has 0 aromatic carbocycles. The molecule has 0 aliphatic carbocycles. The summed E-state index contributed by atoms with van der Waals surface area (Å²) in [5.74, 6) is 1.20. The predicted octanol–water partition coefficient (Wildman–Crippen LogP) is 2.91. The summed E-state index contributed by atoms with van der Waals surface area (Å²) in [4.78, 5) is 17.3. The normalized spacial score (nSPS) is 13.3. The number of rotatable bonds is 3. The molecule has 1 unspecified atom stereocenters. The lowest BCUT2D eigenvalue weighted by molar-refractivity contribution is 0.543. The topological polar surface area (TPSA) is 51.6 Å². The van der Waals surface area contributed by atoms with Crippen molar-refractivity contribution >= 4 is 0 Å². The molecule has 100 valence electrons. The molecule has 0 N–H and O–H groups in total. The predicted molar refractivity (Wildman–Crippen MR) is 74.9 cm³/mol. The van der Waals surface area contributed by atoms with Gasteiger partial charge in [-0.3, -0.25) is 9.97 Å². The molecule has 0 amide bonds. The molecule has 0 saturated carbocycles. The van der Waals surface area contributed by atoms with Gasteiger partial charge in [0.1, 0.15) is 5.82 Å². The summed E-state index contributed by atoms with van der Waals surface area (Å²) in [6, 6.07) is 0. The lowest BCUT2D eigenvalue weighted by atomic mass is 9.95. The van der Waals surface area contributed by atoms with Crippen LogP contribution >= 0.6 is 0 Å². The molecule has 0 aliphatic rings. The van der Waals surface area contributed by atoms with Gasteiger partial charge in [0.2, 0.25) is 0 Å². The second kappa shape index (κ2) is 5.43. The Morgan fingerprint density at radius 2 is 1.68 bits per heavy atom. The third-order valence-electron chi connectivity index (χ3n) is 3.01. The molecule has 0 saturated heterocycles. The van der Waals surface area contributed by atoms with E-state index in [-0.39, 0.29) is 5.41 Å². The Hall–Kier alpha value is -1.84. The van der Waals surface area contributed by atoms with Crippen LogP contribution < -0.4 is 0 Å². The van der Waals surface area contributed by atoms with Crippen molar-refractivity contribution in [1.82, 2.24) is 19.9 Å². The molecule has 4 heteroatoms. The first-order valence-corrected chi connectivity index (χ1v) is 6.54. The Morgan fingerprint density at radius 1 is 1.00 bits per heavy atom. The number of hydrogen-bond donors (Lipinski definition) is 0. The molecular weight excluding hydrogens is 236 g/mol. The second-order valence-electron chi connectivity index (χ2n) is 5.90. The summed E-state index contributed by atoms with van der Waals surface area (Å²) >= 11 is 0. The fourth-order valence-electron chi connectivity index (χ4n) is 1.87. The Bertz CT molecular complexity index is 514. The monoisotopic (exact) mass is 256 g/mol. The summed E-state index contributed by atoms with van der Waals surface area (Å²) < 4.78 is 0. The van der Waals surface area contributed by atoms with E-state index in [1.165, 1.54) is 0 Å². The molecule has 0 bridgehead atoms. The smallest absolute Gasteiger partial charge is 0.133 e. The third-order valence-corrected chi connectivity index (χ3v) is 3.01. The van der Waals surface area contributed by atoms with Gasteiger partial charge in [0.25, 0.3) is 0 Å².